The zero-order chi connectivity index (χ0) is 40.0. The number of nitrogens with zero attached hydrogens (tertiary/aromatic N) is 1. The summed E-state index contributed by atoms with van der Waals surface area (Å²) in [6.45, 7) is 4.58. The maximum absolute atomic E-state index is 12.7. The highest BCUT2D eigenvalue weighted by Crippen LogP contribution is 2.13. The first-order valence-corrected chi connectivity index (χ1v) is 21.7. The second-order valence-electron chi connectivity index (χ2n) is 15.6. The van der Waals surface area contributed by atoms with Gasteiger partial charge in [0.1, 0.15) is 12.6 Å². The van der Waals surface area contributed by atoms with Gasteiger partial charge in [0.05, 0.1) is 40.3 Å². The summed E-state index contributed by atoms with van der Waals surface area (Å²) in [4.78, 5) is 36.8. The van der Waals surface area contributed by atoms with Crippen molar-refractivity contribution in [1.29, 1.82) is 0 Å². The van der Waals surface area contributed by atoms with E-state index < -0.39 is 18.1 Å². The van der Waals surface area contributed by atoms with E-state index in [2.05, 4.69) is 62.5 Å². The summed E-state index contributed by atoms with van der Waals surface area (Å²) in [5.41, 5.74) is 0. The Kier molecular flexibility index (Phi) is 35.4. The van der Waals surface area contributed by atoms with Crippen molar-refractivity contribution >= 4 is 17.9 Å². The number of ether oxygens (including phenoxy) is 3. The number of carboxylic acids is 1. The van der Waals surface area contributed by atoms with Gasteiger partial charge < -0.3 is 28.6 Å². The number of rotatable bonds is 38. The van der Waals surface area contributed by atoms with Crippen molar-refractivity contribution in [2.24, 2.45) is 0 Å². The Balaban J connectivity index is 4.41. The van der Waals surface area contributed by atoms with Gasteiger partial charge in [-0.05, 0) is 64.2 Å². The molecule has 2 atom stereocenters. The van der Waals surface area contributed by atoms with E-state index in [9.17, 15) is 19.5 Å². The van der Waals surface area contributed by atoms with Crippen LogP contribution in [0.4, 0.5) is 0 Å². The molecule has 0 heterocycles. The summed E-state index contributed by atoms with van der Waals surface area (Å²) in [5, 5.41) is 11.6. The number of aliphatic carboxylic acids is 1. The van der Waals surface area contributed by atoms with E-state index in [1.165, 1.54) is 64.2 Å². The van der Waals surface area contributed by atoms with Gasteiger partial charge in [-0.3, -0.25) is 9.59 Å². The minimum atomic E-state index is -1.13. The SMILES string of the molecule is CCCCC/C=C/CCCCCCCC(=O)OCC(COCCC(C(=O)[O-])[N+](C)(C)C)OC(=O)CCCCCCC/C=C/C=C/C=C/CCCCCCC. The Hall–Kier alpha value is -2.71. The maximum atomic E-state index is 12.7. The van der Waals surface area contributed by atoms with Crippen molar-refractivity contribution in [3.63, 3.8) is 0 Å². The molecular formula is C46H81NO7. The van der Waals surface area contributed by atoms with Crippen LogP contribution in [0.5, 0.6) is 0 Å². The Bertz CT molecular complexity index is 1030. The summed E-state index contributed by atoms with van der Waals surface area (Å²) >= 11 is 0. The number of carboxylic acid groups (broad SMARTS) is 1. The molecular weight excluding hydrogens is 679 g/mol. The van der Waals surface area contributed by atoms with E-state index >= 15 is 0 Å². The van der Waals surface area contributed by atoms with Gasteiger partial charge in [-0.2, -0.15) is 0 Å². The Labute approximate surface area is 331 Å². The number of allylic oxidation sites excluding steroid dienone is 8. The van der Waals surface area contributed by atoms with Crippen molar-refractivity contribution in [2.45, 2.75) is 187 Å². The summed E-state index contributed by atoms with van der Waals surface area (Å²) < 4.78 is 17.1. The Morgan fingerprint density at radius 1 is 0.556 bits per heavy atom. The molecule has 0 saturated carbocycles. The molecule has 0 rings (SSSR count). The van der Waals surface area contributed by atoms with Crippen molar-refractivity contribution < 1.29 is 38.2 Å². The molecule has 0 amide bonds. The van der Waals surface area contributed by atoms with Crippen LogP contribution in [0.2, 0.25) is 0 Å². The fourth-order valence-corrected chi connectivity index (χ4v) is 6.07. The minimum Gasteiger partial charge on any atom is -0.544 e. The number of hydrogen-bond acceptors (Lipinski definition) is 7. The van der Waals surface area contributed by atoms with Crippen LogP contribution in [0.25, 0.3) is 0 Å². The smallest absolute Gasteiger partial charge is 0.306 e. The summed E-state index contributed by atoms with van der Waals surface area (Å²) in [6.07, 6.45) is 42.7. The van der Waals surface area contributed by atoms with Crippen molar-refractivity contribution in [3.05, 3.63) is 48.6 Å². The number of esters is 2. The summed E-state index contributed by atoms with van der Waals surface area (Å²) in [7, 11) is 5.39. The molecule has 8 heteroatoms. The standard InChI is InChI=1S/C46H81NO7/c1-6-8-10-12-14-16-18-20-21-22-23-24-25-27-29-31-33-35-37-45(49)54-42(40-52-39-38-43(46(50)51)47(3,4)5)41-53-44(48)36-34-32-30-28-26-19-17-15-13-11-9-7-2/h15,17-18,20-24,42-43H,6-14,16,19,25-41H2,1-5H3/b17-15+,20-18+,22-21+,24-23+. The van der Waals surface area contributed by atoms with E-state index in [0.717, 1.165) is 77.0 Å². The van der Waals surface area contributed by atoms with Crippen LogP contribution < -0.4 is 5.11 Å². The number of hydrogen-bond donors (Lipinski definition) is 0. The zero-order valence-corrected chi connectivity index (χ0v) is 35.4. The van der Waals surface area contributed by atoms with Gasteiger partial charge in [-0.25, -0.2) is 0 Å². The third-order valence-electron chi connectivity index (χ3n) is 9.50. The van der Waals surface area contributed by atoms with Crippen LogP contribution in [0.15, 0.2) is 48.6 Å². The van der Waals surface area contributed by atoms with Crippen LogP contribution in [0, 0.1) is 0 Å². The van der Waals surface area contributed by atoms with Crippen LogP contribution in [0.3, 0.4) is 0 Å². The number of carbonyl (C=O) groups is 3. The average Bonchev–Trinajstić information content (AvgIpc) is 3.12. The summed E-state index contributed by atoms with van der Waals surface area (Å²) in [5.74, 6) is -1.78. The first kappa shape index (κ1) is 51.3. The average molecular weight is 760 g/mol. The lowest BCUT2D eigenvalue weighted by Gasteiger charge is -2.34. The molecule has 0 radical (unpaired) electrons. The normalized spacial score (nSPS) is 13.4. The van der Waals surface area contributed by atoms with Crippen molar-refractivity contribution in [3.8, 4) is 0 Å². The van der Waals surface area contributed by atoms with Gasteiger partial charge in [0.25, 0.3) is 0 Å². The lowest BCUT2D eigenvalue weighted by Crippen LogP contribution is -2.55. The monoisotopic (exact) mass is 760 g/mol. The van der Waals surface area contributed by atoms with Crippen LogP contribution in [0.1, 0.15) is 174 Å². The third-order valence-corrected chi connectivity index (χ3v) is 9.50. The van der Waals surface area contributed by atoms with Crippen molar-refractivity contribution in [2.75, 3.05) is 41.0 Å². The first-order chi connectivity index (χ1) is 26.1. The quantitative estimate of drug-likeness (QED) is 0.0203. The zero-order valence-electron chi connectivity index (χ0n) is 35.4. The van der Waals surface area contributed by atoms with Crippen LogP contribution in [-0.4, -0.2) is 75.5 Å². The molecule has 0 aromatic heterocycles. The second-order valence-corrected chi connectivity index (χ2v) is 15.6. The number of likely N-dealkylation sites (N-methyl/N-ethyl adjacent to an activating group) is 1. The van der Waals surface area contributed by atoms with E-state index in [1.54, 1.807) is 21.1 Å². The molecule has 0 aliphatic heterocycles. The highest BCUT2D eigenvalue weighted by atomic mass is 16.6. The molecule has 2 unspecified atom stereocenters. The molecule has 0 N–H and O–H groups in total. The molecule has 54 heavy (non-hydrogen) atoms. The highest BCUT2D eigenvalue weighted by Gasteiger charge is 2.25. The minimum absolute atomic E-state index is 0.0289. The topological polar surface area (TPSA) is 102 Å². The van der Waals surface area contributed by atoms with Gasteiger partial charge in [-0.1, -0.05) is 140 Å². The van der Waals surface area contributed by atoms with E-state index in [-0.39, 0.29) is 42.7 Å². The van der Waals surface area contributed by atoms with E-state index in [4.69, 9.17) is 14.2 Å². The molecule has 0 spiro atoms. The number of carbonyl (C=O) groups excluding carboxylic acids is 3. The molecule has 0 fully saturated rings. The van der Waals surface area contributed by atoms with Gasteiger partial charge in [0.2, 0.25) is 0 Å². The predicted molar refractivity (Wildman–Crippen MR) is 222 cm³/mol. The highest BCUT2D eigenvalue weighted by molar-refractivity contribution is 5.70. The fraction of sp³-hybridized carbons (Fsp3) is 0.761. The molecule has 0 saturated heterocycles. The van der Waals surface area contributed by atoms with Gasteiger partial charge in [0, 0.05) is 19.3 Å². The predicted octanol–water partition coefficient (Wildman–Crippen LogP) is 10.3. The second kappa shape index (κ2) is 37.2. The van der Waals surface area contributed by atoms with Gasteiger partial charge >= 0.3 is 11.9 Å². The van der Waals surface area contributed by atoms with Crippen LogP contribution in [-0.2, 0) is 28.6 Å². The van der Waals surface area contributed by atoms with Crippen molar-refractivity contribution in [1.82, 2.24) is 0 Å². The molecule has 0 bridgehead atoms. The molecule has 0 aliphatic carbocycles. The summed E-state index contributed by atoms with van der Waals surface area (Å²) in [6, 6.07) is -0.731. The molecule has 0 aromatic rings. The maximum Gasteiger partial charge on any atom is 0.306 e. The molecule has 8 nitrogen and oxygen atoms in total. The van der Waals surface area contributed by atoms with E-state index in [1.807, 2.05) is 0 Å². The Morgan fingerprint density at radius 3 is 1.52 bits per heavy atom. The molecule has 312 valence electrons. The van der Waals surface area contributed by atoms with E-state index in [0.29, 0.717) is 12.8 Å². The number of unbranched alkanes of at least 4 members (excludes halogenated alkanes) is 18. The molecule has 0 aliphatic rings. The largest absolute Gasteiger partial charge is 0.544 e. The van der Waals surface area contributed by atoms with Gasteiger partial charge in [-0.15, -0.1) is 0 Å². The first-order valence-electron chi connectivity index (χ1n) is 21.7. The Morgan fingerprint density at radius 2 is 1.00 bits per heavy atom. The lowest BCUT2D eigenvalue weighted by molar-refractivity contribution is -0.889. The van der Waals surface area contributed by atoms with Gasteiger partial charge in [0.15, 0.2) is 6.10 Å². The molecule has 0 aromatic carbocycles. The number of quaternary nitrogens is 1. The lowest BCUT2D eigenvalue weighted by atomic mass is 10.1. The fourth-order valence-electron chi connectivity index (χ4n) is 6.07. The van der Waals surface area contributed by atoms with Crippen LogP contribution >= 0.6 is 0 Å². The third kappa shape index (κ3) is 35.0.